The van der Waals surface area contributed by atoms with Crippen LogP contribution in [-0.4, -0.2) is 32.8 Å². The molecule has 0 spiro atoms. The Morgan fingerprint density at radius 2 is 1.83 bits per heavy atom. The van der Waals surface area contributed by atoms with Crippen molar-refractivity contribution >= 4 is 40.1 Å². The van der Waals surface area contributed by atoms with Crippen LogP contribution >= 0.6 is 0 Å². The van der Waals surface area contributed by atoms with Gasteiger partial charge in [0.25, 0.3) is 5.91 Å². The highest BCUT2D eigenvalue weighted by Crippen LogP contribution is 2.28. The average Bonchev–Trinajstić information content (AvgIpc) is 3.01. The summed E-state index contributed by atoms with van der Waals surface area (Å²) in [5.74, 6) is -0.0628. The molecule has 0 aliphatic heterocycles. The first-order valence-electron chi connectivity index (χ1n) is 9.97. The summed E-state index contributed by atoms with van der Waals surface area (Å²) in [6.45, 7) is 5.97. The lowest BCUT2D eigenvalue weighted by Gasteiger charge is -2.11. The summed E-state index contributed by atoms with van der Waals surface area (Å²) in [6, 6.07) is 15.4. The summed E-state index contributed by atoms with van der Waals surface area (Å²) in [5, 5.41) is 7.53. The number of rotatable bonds is 5. The molecule has 30 heavy (non-hydrogen) atoms. The SMILES string of the molecule is CCC(C)NC(=O)c1c(N)n(N=Cc2ccccc2C)c2nc3ccccc3nc12. The van der Waals surface area contributed by atoms with E-state index in [4.69, 9.17) is 10.7 Å². The van der Waals surface area contributed by atoms with Crippen LogP contribution in [0.4, 0.5) is 5.82 Å². The molecule has 2 aromatic heterocycles. The zero-order valence-corrected chi connectivity index (χ0v) is 17.3. The highest BCUT2D eigenvalue weighted by atomic mass is 16.1. The van der Waals surface area contributed by atoms with E-state index in [0.29, 0.717) is 27.8 Å². The number of para-hydroxylation sites is 2. The average molecular weight is 400 g/mol. The smallest absolute Gasteiger partial charge is 0.257 e. The van der Waals surface area contributed by atoms with Crippen molar-refractivity contribution in [2.45, 2.75) is 33.2 Å². The summed E-state index contributed by atoms with van der Waals surface area (Å²) < 4.78 is 1.49. The van der Waals surface area contributed by atoms with Crippen LogP contribution in [0.15, 0.2) is 53.6 Å². The van der Waals surface area contributed by atoms with Gasteiger partial charge in [0.15, 0.2) is 5.65 Å². The number of aromatic nitrogens is 3. The van der Waals surface area contributed by atoms with Gasteiger partial charge in [0.1, 0.15) is 16.9 Å². The fraction of sp³-hybridized carbons (Fsp3) is 0.217. The Balaban J connectivity index is 1.92. The molecule has 0 saturated carbocycles. The van der Waals surface area contributed by atoms with Crippen LogP contribution < -0.4 is 11.1 Å². The zero-order chi connectivity index (χ0) is 21.3. The minimum Gasteiger partial charge on any atom is -0.383 e. The standard InChI is InChI=1S/C23H24N6O/c1-4-15(3)26-23(30)19-20-22(28-18-12-8-7-11-17(18)27-20)29(21(19)24)25-13-16-10-6-5-9-14(16)2/h5-13,15H,4,24H2,1-3H3,(H,26,30). The topological polar surface area (TPSA) is 98.2 Å². The fourth-order valence-electron chi connectivity index (χ4n) is 3.24. The Labute approximate surface area is 174 Å². The van der Waals surface area contributed by atoms with Crippen molar-refractivity contribution in [3.05, 3.63) is 65.2 Å². The minimum absolute atomic E-state index is 0.0131. The number of nitrogens with zero attached hydrogens (tertiary/aromatic N) is 4. The fourth-order valence-corrected chi connectivity index (χ4v) is 3.24. The van der Waals surface area contributed by atoms with Crippen LogP contribution in [0.3, 0.4) is 0 Å². The summed E-state index contributed by atoms with van der Waals surface area (Å²) in [5.41, 5.74) is 11.0. The number of amides is 1. The number of anilines is 1. The second-order valence-corrected chi connectivity index (χ2v) is 7.34. The number of benzene rings is 2. The maximum absolute atomic E-state index is 13.0. The van der Waals surface area contributed by atoms with E-state index in [0.717, 1.165) is 17.5 Å². The van der Waals surface area contributed by atoms with E-state index in [-0.39, 0.29) is 17.8 Å². The van der Waals surface area contributed by atoms with Crippen molar-refractivity contribution in [2.75, 3.05) is 5.73 Å². The number of hydrogen-bond acceptors (Lipinski definition) is 5. The van der Waals surface area contributed by atoms with Gasteiger partial charge in [-0.25, -0.2) is 9.97 Å². The summed E-state index contributed by atoms with van der Waals surface area (Å²) >= 11 is 0. The van der Waals surface area contributed by atoms with E-state index >= 15 is 0 Å². The van der Waals surface area contributed by atoms with Crippen molar-refractivity contribution in [3.63, 3.8) is 0 Å². The maximum Gasteiger partial charge on any atom is 0.257 e. The molecule has 2 aromatic carbocycles. The van der Waals surface area contributed by atoms with Gasteiger partial charge in [0, 0.05) is 6.04 Å². The summed E-state index contributed by atoms with van der Waals surface area (Å²) in [4.78, 5) is 22.4. The molecule has 0 aliphatic carbocycles. The Morgan fingerprint density at radius 3 is 2.53 bits per heavy atom. The predicted octanol–water partition coefficient (Wildman–Crippen LogP) is 3.89. The molecule has 4 aromatic rings. The Morgan fingerprint density at radius 1 is 1.17 bits per heavy atom. The van der Waals surface area contributed by atoms with Crippen molar-refractivity contribution in [3.8, 4) is 0 Å². The molecule has 1 atom stereocenters. The molecule has 1 amide bonds. The first-order valence-corrected chi connectivity index (χ1v) is 9.97. The zero-order valence-electron chi connectivity index (χ0n) is 17.3. The van der Waals surface area contributed by atoms with Crippen LogP contribution in [0.25, 0.3) is 22.2 Å². The summed E-state index contributed by atoms with van der Waals surface area (Å²) in [6.07, 6.45) is 2.53. The molecule has 0 aliphatic rings. The van der Waals surface area contributed by atoms with Gasteiger partial charge in [0.2, 0.25) is 0 Å². The molecule has 0 radical (unpaired) electrons. The van der Waals surface area contributed by atoms with Gasteiger partial charge in [-0.3, -0.25) is 4.79 Å². The number of nitrogen functional groups attached to an aromatic ring is 1. The van der Waals surface area contributed by atoms with Gasteiger partial charge in [-0.1, -0.05) is 43.3 Å². The number of carbonyl (C=O) groups is 1. The molecule has 1 unspecified atom stereocenters. The van der Waals surface area contributed by atoms with Crippen molar-refractivity contribution in [1.82, 2.24) is 20.0 Å². The molecule has 2 heterocycles. The molecule has 3 N–H and O–H groups in total. The quantitative estimate of drug-likeness (QED) is 0.497. The molecule has 0 saturated heterocycles. The molecule has 7 nitrogen and oxygen atoms in total. The van der Waals surface area contributed by atoms with Crippen molar-refractivity contribution in [2.24, 2.45) is 5.10 Å². The van der Waals surface area contributed by atoms with Crippen molar-refractivity contribution < 1.29 is 4.79 Å². The van der Waals surface area contributed by atoms with E-state index in [9.17, 15) is 4.79 Å². The first-order chi connectivity index (χ1) is 14.5. The van der Waals surface area contributed by atoms with E-state index in [1.165, 1.54) is 4.68 Å². The van der Waals surface area contributed by atoms with E-state index in [1.54, 1.807) is 6.21 Å². The number of fused-ring (bicyclic) bond motifs is 2. The lowest BCUT2D eigenvalue weighted by atomic mass is 10.1. The molecular formula is C23H24N6O. The molecule has 4 rings (SSSR count). The van der Waals surface area contributed by atoms with Crippen LogP contribution in [0, 0.1) is 6.92 Å². The van der Waals surface area contributed by atoms with Crippen LogP contribution in [0.5, 0.6) is 0 Å². The Hall–Kier alpha value is -3.74. The number of nitrogens with two attached hydrogens (primary N) is 1. The van der Waals surface area contributed by atoms with E-state index < -0.39 is 0 Å². The lowest BCUT2D eigenvalue weighted by Crippen LogP contribution is -2.32. The van der Waals surface area contributed by atoms with Gasteiger partial charge >= 0.3 is 0 Å². The molecular weight excluding hydrogens is 376 g/mol. The second kappa shape index (κ2) is 7.94. The molecule has 7 heteroatoms. The molecule has 0 fully saturated rings. The Bertz CT molecular complexity index is 1270. The van der Waals surface area contributed by atoms with Gasteiger partial charge in [-0.2, -0.15) is 9.78 Å². The third kappa shape index (κ3) is 3.50. The van der Waals surface area contributed by atoms with E-state index in [1.807, 2.05) is 69.3 Å². The minimum atomic E-state index is -0.277. The predicted molar refractivity (Wildman–Crippen MR) is 121 cm³/mol. The lowest BCUT2D eigenvalue weighted by molar-refractivity contribution is 0.0941. The molecule has 0 bridgehead atoms. The highest BCUT2D eigenvalue weighted by Gasteiger charge is 2.24. The van der Waals surface area contributed by atoms with Gasteiger partial charge in [-0.15, -0.1) is 0 Å². The number of carbonyl (C=O) groups excluding carboxylic acids is 1. The van der Waals surface area contributed by atoms with E-state index in [2.05, 4.69) is 15.4 Å². The van der Waals surface area contributed by atoms with Crippen LogP contribution in [-0.2, 0) is 0 Å². The third-order valence-electron chi connectivity index (χ3n) is 5.19. The highest BCUT2D eigenvalue weighted by molar-refractivity contribution is 6.10. The van der Waals surface area contributed by atoms with Crippen LogP contribution in [0.1, 0.15) is 41.8 Å². The maximum atomic E-state index is 13.0. The molecule has 152 valence electrons. The number of aryl methyl sites for hydroxylation is 1. The van der Waals surface area contributed by atoms with Crippen molar-refractivity contribution in [1.29, 1.82) is 0 Å². The largest absolute Gasteiger partial charge is 0.383 e. The Kier molecular flexibility index (Phi) is 5.18. The van der Waals surface area contributed by atoms with Gasteiger partial charge in [0.05, 0.1) is 17.2 Å². The van der Waals surface area contributed by atoms with Crippen LogP contribution in [0.2, 0.25) is 0 Å². The second-order valence-electron chi connectivity index (χ2n) is 7.34. The number of nitrogens with one attached hydrogen (secondary N) is 1. The monoisotopic (exact) mass is 400 g/mol. The first kappa shape index (κ1) is 19.6. The third-order valence-corrected chi connectivity index (χ3v) is 5.19. The number of hydrogen-bond donors (Lipinski definition) is 2. The van der Waals surface area contributed by atoms with Gasteiger partial charge in [-0.05, 0) is 43.5 Å². The normalized spacial score (nSPS) is 12.6. The van der Waals surface area contributed by atoms with Gasteiger partial charge < -0.3 is 11.1 Å². The summed E-state index contributed by atoms with van der Waals surface area (Å²) in [7, 11) is 0.